The molecule has 0 aliphatic heterocycles. The van der Waals surface area contributed by atoms with Gasteiger partial charge in [-0.3, -0.25) is 9.59 Å². The van der Waals surface area contributed by atoms with E-state index >= 15 is 0 Å². The first-order chi connectivity index (χ1) is 11.6. The van der Waals surface area contributed by atoms with Gasteiger partial charge in [0.25, 0.3) is 0 Å². The van der Waals surface area contributed by atoms with Crippen LogP contribution in [0.1, 0.15) is 30.4 Å². The summed E-state index contributed by atoms with van der Waals surface area (Å²) in [6.45, 7) is 4.45. The number of aromatic nitrogens is 1. The third-order valence-electron chi connectivity index (χ3n) is 2.53. The number of anilines is 1. The van der Waals surface area contributed by atoms with E-state index in [1.54, 1.807) is 20.8 Å². The van der Waals surface area contributed by atoms with Gasteiger partial charge in [-0.15, -0.1) is 0 Å². The number of hydrogen-bond donors (Lipinski definition) is 4. The first-order valence-corrected chi connectivity index (χ1v) is 8.06. The van der Waals surface area contributed by atoms with Gasteiger partial charge in [-0.1, -0.05) is 11.3 Å². The number of hydrogen-bond acceptors (Lipinski definition) is 8. The molecule has 1 aromatic heterocycles. The lowest BCUT2D eigenvalue weighted by Crippen LogP contribution is -2.50. The lowest BCUT2D eigenvalue weighted by atomic mass is 10.2. The van der Waals surface area contributed by atoms with Gasteiger partial charge in [-0.25, -0.2) is 14.6 Å². The normalized spacial score (nSPS) is 12.0. The second-order valence-electron chi connectivity index (χ2n) is 5.88. The summed E-state index contributed by atoms with van der Waals surface area (Å²) in [5.74, 6) is -1.81. The van der Waals surface area contributed by atoms with Crippen molar-refractivity contribution in [1.82, 2.24) is 15.6 Å². The Morgan fingerprint density at radius 1 is 1.40 bits per heavy atom. The Kier molecular flexibility index (Phi) is 7.30. The van der Waals surface area contributed by atoms with Gasteiger partial charge in [0.1, 0.15) is 11.6 Å². The van der Waals surface area contributed by atoms with E-state index in [9.17, 15) is 19.2 Å². The molecular formula is C14H20N4O6S. The van der Waals surface area contributed by atoms with E-state index < -0.39 is 29.6 Å². The number of carbonyl (C=O) groups excluding carboxylic acids is 3. The Morgan fingerprint density at radius 2 is 2.08 bits per heavy atom. The fourth-order valence-electron chi connectivity index (χ4n) is 1.51. The monoisotopic (exact) mass is 372 g/mol. The number of carboxylic acid groups (broad SMARTS) is 1. The van der Waals surface area contributed by atoms with Gasteiger partial charge in [-0.05, 0) is 20.8 Å². The van der Waals surface area contributed by atoms with Crippen molar-refractivity contribution < 1.29 is 29.0 Å². The second kappa shape index (κ2) is 8.97. The second-order valence-corrected chi connectivity index (χ2v) is 6.94. The molecule has 4 N–H and O–H groups in total. The first-order valence-electron chi connectivity index (χ1n) is 7.24. The number of nitrogens with one attached hydrogen (secondary N) is 3. The molecule has 0 saturated heterocycles. The van der Waals surface area contributed by atoms with Crippen LogP contribution in [0.4, 0.5) is 9.93 Å². The summed E-state index contributed by atoms with van der Waals surface area (Å²) in [6, 6.07) is -1.33. The molecule has 0 aliphatic carbocycles. The van der Waals surface area contributed by atoms with Gasteiger partial charge in [-0.2, -0.15) is 0 Å². The van der Waals surface area contributed by atoms with Crippen LogP contribution < -0.4 is 16.0 Å². The number of aliphatic carboxylic acids is 1. The van der Waals surface area contributed by atoms with Crippen molar-refractivity contribution in [3.8, 4) is 0 Å². The largest absolute Gasteiger partial charge is 0.480 e. The molecule has 11 heteroatoms. The third kappa shape index (κ3) is 8.11. The molecule has 0 aliphatic rings. The van der Waals surface area contributed by atoms with Gasteiger partial charge < -0.3 is 25.8 Å². The van der Waals surface area contributed by atoms with Crippen molar-refractivity contribution >= 4 is 40.7 Å². The molecule has 138 valence electrons. The molecule has 1 aromatic rings. The number of ether oxygens (including phenoxy) is 1. The Morgan fingerprint density at radius 3 is 2.60 bits per heavy atom. The quantitative estimate of drug-likeness (QED) is 0.481. The van der Waals surface area contributed by atoms with Gasteiger partial charge in [0.15, 0.2) is 11.4 Å². The Labute approximate surface area is 148 Å². The fourth-order valence-corrected chi connectivity index (χ4v) is 2.13. The van der Waals surface area contributed by atoms with Gasteiger partial charge in [0.05, 0.1) is 17.6 Å². The van der Waals surface area contributed by atoms with E-state index in [-0.39, 0.29) is 13.1 Å². The summed E-state index contributed by atoms with van der Waals surface area (Å²) in [4.78, 5) is 49.3. The number of carbonyl (C=O) groups is 4. The standard InChI is InChI=1S/C14H20N4O6S/c1-14(2,3)24-13(23)18-9(11(21)22)5-15-10(20)6-17-12-16-4-8(7-19)25-12/h4,7,9H,5-6H2,1-3H3,(H,15,20)(H,16,17)(H,18,23)(H,21,22)/t9-/m0/s1. The zero-order valence-corrected chi connectivity index (χ0v) is 14.8. The number of aldehydes is 1. The van der Waals surface area contributed by atoms with Crippen molar-refractivity contribution in [3.63, 3.8) is 0 Å². The predicted octanol–water partition coefficient (Wildman–Crippen LogP) is 0.462. The number of nitrogens with zero attached hydrogens (tertiary/aromatic N) is 1. The van der Waals surface area contributed by atoms with E-state index in [0.29, 0.717) is 16.3 Å². The molecule has 1 rings (SSSR count). The Hall–Kier alpha value is -2.69. The molecule has 1 heterocycles. The Bertz CT molecular complexity index is 640. The van der Waals surface area contributed by atoms with Crippen molar-refractivity contribution in [2.45, 2.75) is 32.4 Å². The fraction of sp³-hybridized carbons (Fsp3) is 0.500. The average molecular weight is 372 g/mol. The zero-order valence-electron chi connectivity index (χ0n) is 14.0. The van der Waals surface area contributed by atoms with Crippen LogP contribution in [-0.4, -0.2) is 59.1 Å². The first kappa shape index (κ1) is 20.4. The van der Waals surface area contributed by atoms with Crippen LogP contribution in [0.5, 0.6) is 0 Å². The molecule has 0 saturated carbocycles. The maximum Gasteiger partial charge on any atom is 0.408 e. The summed E-state index contributed by atoms with van der Waals surface area (Å²) >= 11 is 1.08. The molecule has 1 atom stereocenters. The van der Waals surface area contributed by atoms with Crippen LogP contribution in [0.2, 0.25) is 0 Å². The molecule has 10 nitrogen and oxygen atoms in total. The van der Waals surface area contributed by atoms with Crippen molar-refractivity contribution in [2.75, 3.05) is 18.4 Å². The topological polar surface area (TPSA) is 147 Å². The molecule has 0 aromatic carbocycles. The van der Waals surface area contributed by atoms with Crippen LogP contribution >= 0.6 is 11.3 Å². The SMILES string of the molecule is CC(C)(C)OC(=O)N[C@@H](CNC(=O)CNc1ncc(C=O)s1)C(=O)O. The highest BCUT2D eigenvalue weighted by molar-refractivity contribution is 7.17. The van der Waals surface area contributed by atoms with Crippen molar-refractivity contribution in [1.29, 1.82) is 0 Å². The van der Waals surface area contributed by atoms with Crippen LogP contribution in [0.25, 0.3) is 0 Å². The van der Waals surface area contributed by atoms with E-state index in [0.717, 1.165) is 11.3 Å². The highest BCUT2D eigenvalue weighted by Gasteiger charge is 2.24. The smallest absolute Gasteiger partial charge is 0.408 e. The Balaban J connectivity index is 2.42. The molecule has 0 unspecified atom stereocenters. The summed E-state index contributed by atoms with van der Waals surface area (Å²) in [6.07, 6.45) is 1.11. The van der Waals surface area contributed by atoms with Crippen molar-refractivity contribution in [3.05, 3.63) is 11.1 Å². The minimum atomic E-state index is -1.33. The van der Waals surface area contributed by atoms with Gasteiger partial charge in [0.2, 0.25) is 5.91 Å². The maximum absolute atomic E-state index is 11.7. The molecular weight excluding hydrogens is 352 g/mol. The predicted molar refractivity (Wildman–Crippen MR) is 89.8 cm³/mol. The molecule has 0 fully saturated rings. The highest BCUT2D eigenvalue weighted by atomic mass is 32.1. The summed E-state index contributed by atoms with van der Waals surface area (Å²) in [5, 5.41) is 16.7. The van der Waals surface area contributed by atoms with Crippen LogP contribution in [0.15, 0.2) is 6.20 Å². The molecule has 0 bridgehead atoms. The number of carboxylic acids is 1. The lowest BCUT2D eigenvalue weighted by molar-refractivity contribution is -0.139. The summed E-state index contributed by atoms with van der Waals surface area (Å²) < 4.78 is 4.97. The summed E-state index contributed by atoms with van der Waals surface area (Å²) in [5.41, 5.74) is -0.769. The van der Waals surface area contributed by atoms with Gasteiger partial charge in [0, 0.05) is 6.54 Å². The van der Waals surface area contributed by atoms with Crippen LogP contribution in [-0.2, 0) is 14.3 Å². The average Bonchev–Trinajstić information content (AvgIpc) is 2.95. The number of amides is 2. The lowest BCUT2D eigenvalue weighted by Gasteiger charge is -2.22. The summed E-state index contributed by atoms with van der Waals surface area (Å²) in [7, 11) is 0. The zero-order chi connectivity index (χ0) is 19.0. The minimum Gasteiger partial charge on any atom is -0.480 e. The molecule has 2 amide bonds. The number of alkyl carbamates (subject to hydrolysis) is 1. The van der Waals surface area contributed by atoms with Gasteiger partial charge >= 0.3 is 12.1 Å². The maximum atomic E-state index is 11.7. The van der Waals surface area contributed by atoms with E-state index in [2.05, 4.69) is 20.9 Å². The van der Waals surface area contributed by atoms with E-state index in [4.69, 9.17) is 9.84 Å². The van der Waals surface area contributed by atoms with E-state index in [1.165, 1.54) is 6.20 Å². The van der Waals surface area contributed by atoms with E-state index in [1.807, 2.05) is 0 Å². The van der Waals surface area contributed by atoms with Crippen LogP contribution in [0.3, 0.4) is 0 Å². The minimum absolute atomic E-state index is 0.162. The molecule has 0 spiro atoms. The highest BCUT2D eigenvalue weighted by Crippen LogP contribution is 2.15. The molecule has 25 heavy (non-hydrogen) atoms. The van der Waals surface area contributed by atoms with Crippen molar-refractivity contribution in [2.24, 2.45) is 0 Å². The van der Waals surface area contributed by atoms with Crippen LogP contribution in [0, 0.1) is 0 Å². The number of thiazole rings is 1. The number of rotatable bonds is 8. The molecule has 0 radical (unpaired) electrons. The third-order valence-corrected chi connectivity index (χ3v) is 3.41.